The van der Waals surface area contributed by atoms with E-state index in [-0.39, 0.29) is 23.0 Å². The van der Waals surface area contributed by atoms with E-state index in [1.165, 1.54) is 6.07 Å². The van der Waals surface area contributed by atoms with Crippen LogP contribution < -0.4 is 10.2 Å². The van der Waals surface area contributed by atoms with Gasteiger partial charge >= 0.3 is 0 Å². The van der Waals surface area contributed by atoms with Crippen molar-refractivity contribution in [3.8, 4) is 5.75 Å². The molecule has 0 aliphatic carbocycles. The summed E-state index contributed by atoms with van der Waals surface area (Å²) < 4.78 is 0. The Bertz CT molecular complexity index is 1140. The lowest BCUT2D eigenvalue weighted by molar-refractivity contribution is -0.384. The van der Waals surface area contributed by atoms with E-state index in [4.69, 9.17) is 0 Å². The minimum Gasteiger partial charge on any atom is -0.506 e. The van der Waals surface area contributed by atoms with Crippen molar-refractivity contribution in [2.75, 3.05) is 36.4 Å². The molecule has 0 aromatic heterocycles. The molecule has 170 valence electrons. The maximum Gasteiger partial charge on any atom is 0.293 e. The van der Waals surface area contributed by atoms with Gasteiger partial charge < -0.3 is 15.3 Å². The van der Waals surface area contributed by atoms with E-state index < -0.39 is 11.0 Å². The minimum atomic E-state index is -0.598. The van der Waals surface area contributed by atoms with Crippen LogP contribution >= 0.6 is 0 Å². The number of piperazine rings is 1. The molecule has 0 saturated carbocycles. The van der Waals surface area contributed by atoms with E-state index in [0.717, 1.165) is 16.8 Å². The van der Waals surface area contributed by atoms with Crippen LogP contribution in [0, 0.1) is 17.0 Å². The van der Waals surface area contributed by atoms with Gasteiger partial charge in [0.2, 0.25) is 5.91 Å². The van der Waals surface area contributed by atoms with Crippen LogP contribution in [-0.4, -0.2) is 47.0 Å². The second-order valence-electron chi connectivity index (χ2n) is 8.09. The van der Waals surface area contributed by atoms with E-state index in [0.29, 0.717) is 26.2 Å². The summed E-state index contributed by atoms with van der Waals surface area (Å²) in [6.45, 7) is 4.24. The number of nitrogens with zero attached hydrogens (tertiary/aromatic N) is 3. The Hall–Kier alpha value is -3.91. The molecule has 1 amide bonds. The summed E-state index contributed by atoms with van der Waals surface area (Å²) in [5, 5.41) is 24.5. The number of hydrogen-bond acceptors (Lipinski definition) is 6. The number of para-hydroxylation sites is 2. The third kappa shape index (κ3) is 4.96. The largest absolute Gasteiger partial charge is 0.506 e. The number of amides is 1. The number of anilines is 2. The van der Waals surface area contributed by atoms with Gasteiger partial charge in [-0.05, 0) is 36.2 Å². The van der Waals surface area contributed by atoms with Gasteiger partial charge in [-0.2, -0.15) is 0 Å². The van der Waals surface area contributed by atoms with E-state index in [9.17, 15) is 20.0 Å². The molecule has 1 saturated heterocycles. The Morgan fingerprint density at radius 3 is 2.33 bits per heavy atom. The lowest BCUT2D eigenvalue weighted by Crippen LogP contribution is -2.50. The minimum absolute atomic E-state index is 0.125. The average molecular weight is 447 g/mol. The Morgan fingerprint density at radius 1 is 1.00 bits per heavy atom. The zero-order valence-corrected chi connectivity index (χ0v) is 18.3. The molecular formula is C25H26N4O4. The van der Waals surface area contributed by atoms with Crippen molar-refractivity contribution >= 4 is 23.0 Å². The van der Waals surface area contributed by atoms with Gasteiger partial charge in [-0.15, -0.1) is 0 Å². The highest BCUT2D eigenvalue weighted by atomic mass is 16.6. The molecule has 33 heavy (non-hydrogen) atoms. The Morgan fingerprint density at radius 2 is 1.67 bits per heavy atom. The number of aromatic hydroxyl groups is 1. The third-order valence-electron chi connectivity index (χ3n) is 5.87. The molecule has 0 bridgehead atoms. The predicted molar refractivity (Wildman–Crippen MR) is 128 cm³/mol. The first-order chi connectivity index (χ1) is 15.9. The molecular weight excluding hydrogens is 420 g/mol. The Kier molecular flexibility index (Phi) is 6.55. The molecule has 1 aliphatic heterocycles. The molecule has 1 aliphatic rings. The van der Waals surface area contributed by atoms with Crippen LogP contribution in [0.2, 0.25) is 0 Å². The van der Waals surface area contributed by atoms with Gasteiger partial charge in [0, 0.05) is 32.2 Å². The number of phenols is 1. The molecule has 2 N–H and O–H groups in total. The number of nitro benzene ring substituents is 1. The van der Waals surface area contributed by atoms with Gasteiger partial charge in [0.15, 0.2) is 0 Å². The van der Waals surface area contributed by atoms with Gasteiger partial charge in [0.1, 0.15) is 17.5 Å². The number of carbonyl (C=O) groups excluding carboxylic acids is 1. The number of nitrogens with one attached hydrogen (secondary N) is 1. The highest BCUT2D eigenvalue weighted by molar-refractivity contribution is 5.97. The predicted octanol–water partition coefficient (Wildman–Crippen LogP) is 4.11. The number of phenolic OH excluding ortho intramolecular Hbond substituents is 1. The summed E-state index contributed by atoms with van der Waals surface area (Å²) in [7, 11) is 0. The number of nitro groups is 1. The number of rotatable bonds is 6. The van der Waals surface area contributed by atoms with Crippen LogP contribution in [0.15, 0.2) is 72.8 Å². The van der Waals surface area contributed by atoms with Gasteiger partial charge in [-0.25, -0.2) is 0 Å². The fourth-order valence-electron chi connectivity index (χ4n) is 4.22. The van der Waals surface area contributed by atoms with Crippen LogP contribution in [0.25, 0.3) is 0 Å². The molecule has 0 spiro atoms. The van der Waals surface area contributed by atoms with Crippen molar-refractivity contribution in [2.45, 2.75) is 13.0 Å². The van der Waals surface area contributed by atoms with Gasteiger partial charge in [-0.1, -0.05) is 48.5 Å². The summed E-state index contributed by atoms with van der Waals surface area (Å²) >= 11 is 0. The molecule has 8 nitrogen and oxygen atoms in total. The summed E-state index contributed by atoms with van der Waals surface area (Å²) in [5.41, 5.74) is 2.40. The molecule has 4 rings (SSSR count). The van der Waals surface area contributed by atoms with Gasteiger partial charge in [0.25, 0.3) is 5.69 Å². The number of aryl methyl sites for hydroxylation is 1. The van der Waals surface area contributed by atoms with Crippen LogP contribution in [0.5, 0.6) is 5.75 Å². The van der Waals surface area contributed by atoms with Gasteiger partial charge in [0.05, 0.1) is 10.6 Å². The zero-order valence-electron chi connectivity index (χ0n) is 18.3. The molecule has 3 aromatic rings. The monoisotopic (exact) mass is 446 g/mol. The summed E-state index contributed by atoms with van der Waals surface area (Å²) in [4.78, 5) is 28.6. The Balaban J connectivity index is 1.57. The maximum atomic E-state index is 13.4. The molecule has 1 fully saturated rings. The zero-order chi connectivity index (χ0) is 23.4. The normalized spacial score (nSPS) is 15.1. The first kappa shape index (κ1) is 22.3. The van der Waals surface area contributed by atoms with Crippen LogP contribution in [-0.2, 0) is 4.79 Å². The molecule has 8 heteroatoms. The number of benzene rings is 3. The van der Waals surface area contributed by atoms with Crippen LogP contribution in [0.4, 0.5) is 17.1 Å². The highest BCUT2D eigenvalue weighted by Crippen LogP contribution is 2.31. The third-order valence-corrected chi connectivity index (χ3v) is 5.87. The lowest BCUT2D eigenvalue weighted by atomic mass is 10.0. The fourth-order valence-corrected chi connectivity index (χ4v) is 4.22. The van der Waals surface area contributed by atoms with Crippen molar-refractivity contribution in [1.29, 1.82) is 0 Å². The standard InChI is InChI=1S/C25H26N4O4/c1-18-11-12-20(22(17-18)29(32)33)26-25(31)24(19-7-3-2-4-8-19)28-15-13-27(14-16-28)21-9-5-6-10-23(21)30/h2-12,17,24,30H,13-16H2,1H3,(H,26,31)/t24-/m1/s1. The molecule has 0 radical (unpaired) electrons. The Labute approximate surface area is 192 Å². The highest BCUT2D eigenvalue weighted by Gasteiger charge is 2.32. The van der Waals surface area contributed by atoms with Gasteiger partial charge in [-0.3, -0.25) is 19.8 Å². The summed E-state index contributed by atoms with van der Waals surface area (Å²) in [5.74, 6) is -0.0841. The summed E-state index contributed by atoms with van der Waals surface area (Å²) in [6, 6.07) is 20.8. The smallest absolute Gasteiger partial charge is 0.293 e. The fraction of sp³-hybridized carbons (Fsp3) is 0.240. The van der Waals surface area contributed by atoms with Crippen molar-refractivity contribution in [3.63, 3.8) is 0 Å². The molecule has 3 aromatic carbocycles. The number of carbonyl (C=O) groups is 1. The molecule has 0 unspecified atom stereocenters. The van der Waals surface area contributed by atoms with Crippen LogP contribution in [0.3, 0.4) is 0 Å². The van der Waals surface area contributed by atoms with Crippen molar-refractivity contribution in [2.24, 2.45) is 0 Å². The molecule has 1 atom stereocenters. The lowest BCUT2D eigenvalue weighted by Gasteiger charge is -2.39. The van der Waals surface area contributed by atoms with Crippen molar-refractivity contribution < 1.29 is 14.8 Å². The van der Waals surface area contributed by atoms with E-state index >= 15 is 0 Å². The first-order valence-corrected chi connectivity index (χ1v) is 10.8. The second-order valence-corrected chi connectivity index (χ2v) is 8.09. The van der Waals surface area contributed by atoms with E-state index in [1.54, 1.807) is 31.2 Å². The number of hydrogen-bond donors (Lipinski definition) is 2. The molecule has 1 heterocycles. The quantitative estimate of drug-likeness (QED) is 0.437. The SMILES string of the molecule is Cc1ccc(NC(=O)[C@@H](c2ccccc2)N2CCN(c3ccccc3O)CC2)c([N+](=O)[O-])c1. The van der Waals surface area contributed by atoms with Crippen molar-refractivity contribution in [3.05, 3.63) is 94.0 Å². The van der Waals surface area contributed by atoms with E-state index in [1.807, 2.05) is 42.5 Å². The topological polar surface area (TPSA) is 99.0 Å². The van der Waals surface area contributed by atoms with Crippen molar-refractivity contribution in [1.82, 2.24) is 4.90 Å². The second kappa shape index (κ2) is 9.70. The van der Waals surface area contributed by atoms with E-state index in [2.05, 4.69) is 15.1 Å². The maximum absolute atomic E-state index is 13.4. The summed E-state index contributed by atoms with van der Waals surface area (Å²) in [6.07, 6.45) is 0. The average Bonchev–Trinajstić information content (AvgIpc) is 2.82. The van der Waals surface area contributed by atoms with Crippen LogP contribution in [0.1, 0.15) is 17.2 Å². The first-order valence-electron chi connectivity index (χ1n) is 10.8.